The third-order valence-corrected chi connectivity index (χ3v) is 4.20. The molecule has 0 spiro atoms. The van der Waals surface area contributed by atoms with E-state index in [-0.39, 0.29) is 11.1 Å². The van der Waals surface area contributed by atoms with Crippen LogP contribution in [0, 0.1) is 0 Å². The van der Waals surface area contributed by atoms with E-state index in [9.17, 15) is 4.79 Å². The second kappa shape index (κ2) is 5.74. The Bertz CT molecular complexity index is 477. The second-order valence-corrected chi connectivity index (χ2v) is 5.60. The zero-order chi connectivity index (χ0) is 13.9. The summed E-state index contributed by atoms with van der Waals surface area (Å²) in [4.78, 5) is 18.6. The molecule has 2 rings (SSSR count). The van der Waals surface area contributed by atoms with Gasteiger partial charge in [-0.05, 0) is 39.8 Å². The summed E-state index contributed by atoms with van der Waals surface area (Å²) >= 11 is 0. The van der Waals surface area contributed by atoms with Gasteiger partial charge in [-0.3, -0.25) is 4.79 Å². The molecule has 1 aromatic rings. The molecule has 0 radical (unpaired) electrons. The lowest BCUT2D eigenvalue weighted by Gasteiger charge is -2.47. The highest BCUT2D eigenvalue weighted by Gasteiger charge is 2.38. The van der Waals surface area contributed by atoms with Crippen LogP contribution >= 0.6 is 0 Å². The molecule has 1 N–H and O–H groups in total. The Balaban J connectivity index is 2.07. The van der Waals surface area contributed by atoms with E-state index in [4.69, 9.17) is 0 Å². The molecule has 0 bridgehead atoms. The first-order valence-electron chi connectivity index (χ1n) is 7.06. The van der Waals surface area contributed by atoms with Gasteiger partial charge in [-0.1, -0.05) is 6.92 Å². The molecular weight excluding hydrogens is 240 g/mol. The van der Waals surface area contributed by atoms with Gasteiger partial charge in [0.15, 0.2) is 5.82 Å². The fraction of sp³-hybridized carbons (Fsp3) is 0.714. The Morgan fingerprint density at radius 3 is 2.74 bits per heavy atom. The molecule has 5 heteroatoms. The normalized spacial score (nSPS) is 17.3. The van der Waals surface area contributed by atoms with Gasteiger partial charge in [0.1, 0.15) is 0 Å². The summed E-state index contributed by atoms with van der Waals surface area (Å²) < 4.78 is 1.72. The highest BCUT2D eigenvalue weighted by molar-refractivity contribution is 5.32. The number of likely N-dealkylation sites (N-methyl/N-ethyl adjacent to an activating group) is 1. The predicted octanol–water partition coefficient (Wildman–Crippen LogP) is 1.55. The summed E-state index contributed by atoms with van der Waals surface area (Å²) in [7, 11) is 4.21. The molecule has 19 heavy (non-hydrogen) atoms. The fourth-order valence-corrected chi connectivity index (χ4v) is 2.60. The molecule has 106 valence electrons. The van der Waals surface area contributed by atoms with Crippen molar-refractivity contribution in [2.45, 2.75) is 44.7 Å². The van der Waals surface area contributed by atoms with E-state index < -0.39 is 0 Å². The second-order valence-electron chi connectivity index (χ2n) is 5.60. The highest BCUT2D eigenvalue weighted by Crippen LogP contribution is 2.35. The maximum atomic E-state index is 12.2. The van der Waals surface area contributed by atoms with Crippen LogP contribution in [0.4, 0.5) is 5.82 Å². The van der Waals surface area contributed by atoms with Crippen molar-refractivity contribution in [3.05, 3.63) is 22.7 Å². The molecule has 0 aromatic carbocycles. The van der Waals surface area contributed by atoms with Crippen LogP contribution in [0.2, 0.25) is 0 Å². The molecular formula is C14H24N4O. The molecule has 1 saturated carbocycles. The fourth-order valence-electron chi connectivity index (χ4n) is 2.60. The van der Waals surface area contributed by atoms with Crippen molar-refractivity contribution in [2.75, 3.05) is 26.0 Å². The minimum absolute atomic E-state index is 0.0161. The number of aromatic nitrogens is 2. The number of anilines is 1. The largest absolute Gasteiger partial charge is 0.364 e. The van der Waals surface area contributed by atoms with Crippen molar-refractivity contribution in [2.24, 2.45) is 0 Å². The topological polar surface area (TPSA) is 50.2 Å². The summed E-state index contributed by atoms with van der Waals surface area (Å²) in [6.07, 6.45) is 8.03. The molecule has 1 heterocycles. The van der Waals surface area contributed by atoms with E-state index in [1.807, 2.05) is 0 Å². The van der Waals surface area contributed by atoms with Crippen LogP contribution in [0.1, 0.15) is 32.6 Å². The zero-order valence-electron chi connectivity index (χ0n) is 12.1. The quantitative estimate of drug-likeness (QED) is 0.847. The van der Waals surface area contributed by atoms with Gasteiger partial charge in [0.05, 0.1) is 0 Å². The Labute approximate surface area is 114 Å². The molecule has 1 fully saturated rings. The molecule has 5 nitrogen and oxygen atoms in total. The SMILES string of the molecule is CCCn1ccnc(NCC2(N(C)C)CCC2)c1=O. The summed E-state index contributed by atoms with van der Waals surface area (Å²) in [5.74, 6) is 0.476. The van der Waals surface area contributed by atoms with Gasteiger partial charge >= 0.3 is 0 Å². The maximum Gasteiger partial charge on any atom is 0.293 e. The van der Waals surface area contributed by atoms with Crippen LogP contribution in [0.15, 0.2) is 17.2 Å². The third-order valence-electron chi connectivity index (χ3n) is 4.20. The highest BCUT2D eigenvalue weighted by atomic mass is 16.1. The number of hydrogen-bond donors (Lipinski definition) is 1. The van der Waals surface area contributed by atoms with Gasteiger partial charge in [-0.2, -0.15) is 0 Å². The molecule has 0 atom stereocenters. The van der Waals surface area contributed by atoms with Crippen molar-refractivity contribution in [3.8, 4) is 0 Å². The van der Waals surface area contributed by atoms with E-state index in [0.29, 0.717) is 5.82 Å². The van der Waals surface area contributed by atoms with Gasteiger partial charge in [-0.25, -0.2) is 4.98 Å². The minimum Gasteiger partial charge on any atom is -0.364 e. The van der Waals surface area contributed by atoms with E-state index in [1.165, 1.54) is 19.3 Å². The number of rotatable bonds is 6. The van der Waals surface area contributed by atoms with Crippen LogP contribution < -0.4 is 10.9 Å². The van der Waals surface area contributed by atoms with Gasteiger partial charge in [0.2, 0.25) is 0 Å². The predicted molar refractivity (Wildman–Crippen MR) is 77.5 cm³/mol. The van der Waals surface area contributed by atoms with Crippen LogP contribution in [0.25, 0.3) is 0 Å². The smallest absolute Gasteiger partial charge is 0.293 e. The molecule has 1 aromatic heterocycles. The van der Waals surface area contributed by atoms with Crippen LogP contribution in [0.3, 0.4) is 0 Å². The first-order chi connectivity index (χ1) is 9.09. The lowest BCUT2D eigenvalue weighted by molar-refractivity contribution is 0.0738. The average molecular weight is 264 g/mol. The van der Waals surface area contributed by atoms with Crippen LogP contribution in [-0.2, 0) is 6.54 Å². The molecule has 0 aliphatic heterocycles. The van der Waals surface area contributed by atoms with E-state index in [2.05, 4.69) is 36.2 Å². The first kappa shape index (κ1) is 14.1. The molecule has 0 unspecified atom stereocenters. The van der Waals surface area contributed by atoms with Crippen LogP contribution in [-0.4, -0.2) is 40.6 Å². The van der Waals surface area contributed by atoms with E-state index in [1.54, 1.807) is 17.0 Å². The number of hydrogen-bond acceptors (Lipinski definition) is 4. The van der Waals surface area contributed by atoms with Gasteiger partial charge in [0, 0.05) is 31.0 Å². The van der Waals surface area contributed by atoms with Crippen molar-refractivity contribution in [3.63, 3.8) is 0 Å². The van der Waals surface area contributed by atoms with Crippen molar-refractivity contribution >= 4 is 5.82 Å². The summed E-state index contributed by atoms with van der Waals surface area (Å²) in [5.41, 5.74) is 0.178. The monoisotopic (exact) mass is 264 g/mol. The lowest BCUT2D eigenvalue weighted by Crippen LogP contribution is -2.55. The standard InChI is InChI=1S/C14H24N4O/c1-4-9-18-10-8-15-12(13(18)19)16-11-14(17(2)3)6-5-7-14/h8,10H,4-7,9,11H2,1-3H3,(H,15,16). The first-order valence-corrected chi connectivity index (χ1v) is 7.06. The van der Waals surface area contributed by atoms with E-state index >= 15 is 0 Å². The number of nitrogens with one attached hydrogen (secondary N) is 1. The maximum absolute atomic E-state index is 12.2. The van der Waals surface area contributed by atoms with Gasteiger partial charge in [-0.15, -0.1) is 0 Å². The Hall–Kier alpha value is -1.36. The number of nitrogens with zero attached hydrogens (tertiary/aromatic N) is 3. The third kappa shape index (κ3) is 2.81. The molecule has 0 amide bonds. The molecule has 0 saturated heterocycles. The Kier molecular flexibility index (Phi) is 4.24. The summed E-state index contributed by atoms with van der Waals surface area (Å²) in [5, 5.41) is 3.25. The Morgan fingerprint density at radius 2 is 2.21 bits per heavy atom. The van der Waals surface area contributed by atoms with Gasteiger partial charge in [0.25, 0.3) is 5.56 Å². The molecule has 1 aliphatic carbocycles. The van der Waals surface area contributed by atoms with Crippen molar-refractivity contribution in [1.82, 2.24) is 14.5 Å². The number of aryl methyl sites for hydroxylation is 1. The molecule has 1 aliphatic rings. The average Bonchev–Trinajstić information content (AvgIpc) is 2.32. The summed E-state index contributed by atoms with van der Waals surface area (Å²) in [6.45, 7) is 3.60. The minimum atomic E-state index is -0.0161. The van der Waals surface area contributed by atoms with Crippen molar-refractivity contribution < 1.29 is 0 Å². The zero-order valence-corrected chi connectivity index (χ0v) is 12.1. The van der Waals surface area contributed by atoms with Crippen LogP contribution in [0.5, 0.6) is 0 Å². The lowest BCUT2D eigenvalue weighted by atomic mass is 9.75. The van der Waals surface area contributed by atoms with E-state index in [0.717, 1.165) is 19.5 Å². The Morgan fingerprint density at radius 1 is 1.47 bits per heavy atom. The van der Waals surface area contributed by atoms with Gasteiger partial charge < -0.3 is 14.8 Å². The summed E-state index contributed by atoms with van der Waals surface area (Å²) in [6, 6.07) is 0. The van der Waals surface area contributed by atoms with Crippen molar-refractivity contribution in [1.29, 1.82) is 0 Å².